The van der Waals surface area contributed by atoms with Gasteiger partial charge in [0, 0.05) is 0 Å². The van der Waals surface area contributed by atoms with Crippen LogP contribution in [0.15, 0.2) is 0 Å². The second-order valence-electron chi connectivity index (χ2n) is 8.49. The first-order valence-electron chi connectivity index (χ1n) is 11.3. The summed E-state index contributed by atoms with van der Waals surface area (Å²) < 4.78 is 0. The Morgan fingerprint density at radius 1 is 0.882 bits per heavy atom. The summed E-state index contributed by atoms with van der Waals surface area (Å²) in [6.45, 7) is 4.11. The van der Waals surface area contributed by atoms with E-state index in [1.807, 2.05) is 20.1 Å². The number of amides is 4. The molecule has 0 saturated heterocycles. The second kappa shape index (κ2) is 17.1. The lowest BCUT2D eigenvalue weighted by molar-refractivity contribution is -0.143. The van der Waals surface area contributed by atoms with Crippen molar-refractivity contribution >= 4 is 41.4 Å². The van der Waals surface area contributed by atoms with Gasteiger partial charge in [-0.25, -0.2) is 4.79 Å². The normalized spacial score (nSPS) is 14.5. The maximum absolute atomic E-state index is 12.9. The quantitative estimate of drug-likeness (QED) is 0.110. The molecule has 0 rings (SSSR count). The Labute approximate surface area is 204 Å². The number of carboxylic acids is 1. The number of rotatable bonds is 18. The number of aliphatic carboxylic acids is 1. The molecule has 0 heterocycles. The number of carbonyl (C=O) groups is 5. The van der Waals surface area contributed by atoms with Crippen LogP contribution >= 0.6 is 11.8 Å². The van der Waals surface area contributed by atoms with Crippen LogP contribution in [0.2, 0.25) is 0 Å². The molecule has 13 heteroatoms. The number of nitrogens with one attached hydrogen (secondary N) is 3. The smallest absolute Gasteiger partial charge is 0.326 e. The Bertz CT molecular complexity index is 693. The predicted octanol–water partition coefficient (Wildman–Crippen LogP) is -1.34. The molecule has 0 aliphatic carbocycles. The predicted molar refractivity (Wildman–Crippen MR) is 131 cm³/mol. The Hall–Kier alpha value is -2.38. The highest BCUT2D eigenvalue weighted by Crippen LogP contribution is 2.08. The minimum atomic E-state index is -1.33. The van der Waals surface area contributed by atoms with Crippen LogP contribution in [0, 0.1) is 5.92 Å². The van der Waals surface area contributed by atoms with Gasteiger partial charge >= 0.3 is 5.97 Å². The molecule has 0 aromatic rings. The first-order valence-corrected chi connectivity index (χ1v) is 12.7. The molecule has 0 fully saturated rings. The number of hydrogen-bond acceptors (Lipinski definition) is 8. The molecule has 0 radical (unpaired) electrons. The fourth-order valence-electron chi connectivity index (χ4n) is 3.07. The lowest BCUT2D eigenvalue weighted by Gasteiger charge is -2.25. The van der Waals surface area contributed by atoms with Gasteiger partial charge in [0.25, 0.3) is 0 Å². The van der Waals surface area contributed by atoms with E-state index in [0.29, 0.717) is 31.6 Å². The Balaban J connectivity index is 5.40. The highest BCUT2D eigenvalue weighted by atomic mass is 32.2. The Morgan fingerprint density at radius 3 is 1.94 bits per heavy atom. The maximum Gasteiger partial charge on any atom is 0.326 e. The number of carbonyl (C=O) groups excluding carboxylic acids is 4. The lowest BCUT2D eigenvalue weighted by atomic mass is 10.0. The number of hydrogen-bond donors (Lipinski definition) is 7. The minimum absolute atomic E-state index is 0.0184. The van der Waals surface area contributed by atoms with Gasteiger partial charge in [-0.2, -0.15) is 11.8 Å². The molecule has 0 bridgehead atoms. The molecule has 0 saturated carbocycles. The highest BCUT2D eigenvalue weighted by molar-refractivity contribution is 7.98. The van der Waals surface area contributed by atoms with Gasteiger partial charge in [0.1, 0.15) is 18.1 Å². The van der Waals surface area contributed by atoms with Crippen molar-refractivity contribution in [3.8, 4) is 0 Å². The molecular weight excluding hydrogens is 464 g/mol. The van der Waals surface area contributed by atoms with Crippen LogP contribution < -0.4 is 33.2 Å². The number of carboxylic acid groups (broad SMARTS) is 1. The third-order valence-corrected chi connectivity index (χ3v) is 5.55. The molecule has 12 nitrogen and oxygen atoms in total. The second-order valence-corrected chi connectivity index (χ2v) is 9.48. The fourth-order valence-corrected chi connectivity index (χ4v) is 3.54. The lowest BCUT2D eigenvalue weighted by Crippen LogP contribution is -2.57. The van der Waals surface area contributed by atoms with Crippen LogP contribution in [-0.4, -0.2) is 77.4 Å². The van der Waals surface area contributed by atoms with Crippen molar-refractivity contribution in [2.45, 2.75) is 76.5 Å². The Kier molecular flexibility index (Phi) is 15.9. The van der Waals surface area contributed by atoms with Gasteiger partial charge in [-0.3, -0.25) is 19.2 Å². The van der Waals surface area contributed by atoms with Crippen LogP contribution in [0.5, 0.6) is 0 Å². The summed E-state index contributed by atoms with van der Waals surface area (Å²) >= 11 is 1.44. The third-order valence-electron chi connectivity index (χ3n) is 4.91. The molecule has 196 valence electrons. The topological polar surface area (TPSA) is 220 Å². The SMILES string of the molecule is CSCCC(NC(=O)C(CC(N)=O)NC(=O)C(N)CCCCN)C(=O)NC(CC(C)C)C(=O)O. The van der Waals surface area contributed by atoms with Crippen LogP contribution in [0.3, 0.4) is 0 Å². The van der Waals surface area contributed by atoms with Crippen LogP contribution in [-0.2, 0) is 24.0 Å². The number of unbranched alkanes of at least 4 members (excludes halogenated alkanes) is 1. The van der Waals surface area contributed by atoms with Crippen molar-refractivity contribution in [1.82, 2.24) is 16.0 Å². The van der Waals surface area contributed by atoms with Crippen LogP contribution in [0.4, 0.5) is 0 Å². The molecule has 34 heavy (non-hydrogen) atoms. The van der Waals surface area contributed by atoms with Gasteiger partial charge < -0.3 is 38.3 Å². The first kappa shape index (κ1) is 31.6. The summed E-state index contributed by atoms with van der Waals surface area (Å²) in [5.74, 6) is -3.59. The van der Waals surface area contributed by atoms with Crippen molar-refractivity contribution in [3.05, 3.63) is 0 Å². The van der Waals surface area contributed by atoms with E-state index >= 15 is 0 Å². The Morgan fingerprint density at radius 2 is 1.44 bits per heavy atom. The molecule has 0 aromatic heterocycles. The first-order chi connectivity index (χ1) is 15.9. The third kappa shape index (κ3) is 13.4. The van der Waals surface area contributed by atoms with Gasteiger partial charge in [0.2, 0.25) is 23.6 Å². The highest BCUT2D eigenvalue weighted by Gasteiger charge is 2.31. The number of nitrogens with two attached hydrogens (primary N) is 3. The van der Waals surface area contributed by atoms with Crippen molar-refractivity contribution in [2.24, 2.45) is 23.1 Å². The molecule has 4 atom stereocenters. The summed E-state index contributed by atoms with van der Waals surface area (Å²) in [7, 11) is 0. The monoisotopic (exact) mass is 504 g/mol. The summed E-state index contributed by atoms with van der Waals surface area (Å²) in [4.78, 5) is 61.1. The fraction of sp³-hybridized carbons (Fsp3) is 0.762. The van der Waals surface area contributed by atoms with E-state index in [-0.39, 0.29) is 18.8 Å². The molecule has 4 amide bonds. The molecule has 4 unspecified atom stereocenters. The zero-order chi connectivity index (χ0) is 26.3. The van der Waals surface area contributed by atoms with E-state index in [1.165, 1.54) is 11.8 Å². The molecule has 0 spiro atoms. The molecule has 10 N–H and O–H groups in total. The summed E-state index contributed by atoms with van der Waals surface area (Å²) in [5.41, 5.74) is 16.5. The number of thioether (sulfide) groups is 1. The van der Waals surface area contributed by atoms with E-state index in [4.69, 9.17) is 17.2 Å². The standard InChI is InChI=1S/C21H40N6O6S/c1-12(2)10-16(21(32)33)27-19(30)14(7-9-34-3)25-20(31)15(11-17(24)28)26-18(29)13(23)6-4-5-8-22/h12-16H,4-11,22-23H2,1-3H3,(H2,24,28)(H,25,31)(H,26,29)(H,27,30)(H,32,33). The molecule has 0 aromatic carbocycles. The summed E-state index contributed by atoms with van der Waals surface area (Å²) in [6.07, 6.45) is 3.41. The average molecular weight is 505 g/mol. The average Bonchev–Trinajstić information content (AvgIpc) is 2.74. The van der Waals surface area contributed by atoms with Gasteiger partial charge in [-0.1, -0.05) is 20.3 Å². The minimum Gasteiger partial charge on any atom is -0.480 e. The van der Waals surface area contributed by atoms with E-state index in [1.54, 1.807) is 0 Å². The maximum atomic E-state index is 12.9. The van der Waals surface area contributed by atoms with Crippen molar-refractivity contribution in [1.29, 1.82) is 0 Å². The molecule has 0 aliphatic rings. The van der Waals surface area contributed by atoms with Crippen LogP contribution in [0.1, 0.15) is 52.4 Å². The van der Waals surface area contributed by atoms with E-state index in [2.05, 4.69) is 16.0 Å². The largest absolute Gasteiger partial charge is 0.480 e. The van der Waals surface area contributed by atoms with E-state index in [0.717, 1.165) is 0 Å². The zero-order valence-electron chi connectivity index (χ0n) is 20.2. The van der Waals surface area contributed by atoms with Crippen molar-refractivity contribution in [3.63, 3.8) is 0 Å². The van der Waals surface area contributed by atoms with Crippen LogP contribution in [0.25, 0.3) is 0 Å². The van der Waals surface area contributed by atoms with E-state index in [9.17, 15) is 29.1 Å². The molecule has 0 aliphatic heterocycles. The van der Waals surface area contributed by atoms with Gasteiger partial charge in [-0.15, -0.1) is 0 Å². The van der Waals surface area contributed by atoms with Gasteiger partial charge in [0.15, 0.2) is 0 Å². The van der Waals surface area contributed by atoms with Gasteiger partial charge in [0.05, 0.1) is 12.5 Å². The van der Waals surface area contributed by atoms with Crippen molar-refractivity contribution in [2.75, 3.05) is 18.6 Å². The van der Waals surface area contributed by atoms with Gasteiger partial charge in [-0.05, 0) is 50.2 Å². The summed E-state index contributed by atoms with van der Waals surface area (Å²) in [6, 6.07) is -4.42. The van der Waals surface area contributed by atoms with E-state index < -0.39 is 60.2 Å². The zero-order valence-corrected chi connectivity index (χ0v) is 21.0. The number of primary amides is 1. The summed E-state index contributed by atoms with van der Waals surface area (Å²) in [5, 5.41) is 16.8. The molecular formula is C21H40N6O6S. The van der Waals surface area contributed by atoms with Crippen molar-refractivity contribution < 1.29 is 29.1 Å².